The standard InChI is InChI=1S/C13H15FN2O3S/c1-9-5-10(14)7-11(6-9)16-8-12-3-4-13(19-12)20(17,18)15-2/h3-7,15-16H,8H2,1-2H3. The van der Waals surface area contributed by atoms with Crippen molar-refractivity contribution in [2.24, 2.45) is 0 Å². The third kappa shape index (κ3) is 3.37. The summed E-state index contributed by atoms with van der Waals surface area (Å²) < 4.78 is 43.6. The molecule has 0 aliphatic carbocycles. The summed E-state index contributed by atoms with van der Waals surface area (Å²) in [6.07, 6.45) is 0. The van der Waals surface area contributed by atoms with E-state index in [-0.39, 0.29) is 17.5 Å². The summed E-state index contributed by atoms with van der Waals surface area (Å²) >= 11 is 0. The van der Waals surface area contributed by atoms with Crippen molar-refractivity contribution in [1.29, 1.82) is 0 Å². The monoisotopic (exact) mass is 298 g/mol. The van der Waals surface area contributed by atoms with Gasteiger partial charge in [0.15, 0.2) is 0 Å². The average Bonchev–Trinajstić information content (AvgIpc) is 2.85. The summed E-state index contributed by atoms with van der Waals surface area (Å²) in [5.41, 5.74) is 1.40. The number of hydrogen-bond donors (Lipinski definition) is 2. The Morgan fingerprint density at radius 3 is 2.65 bits per heavy atom. The van der Waals surface area contributed by atoms with Crippen molar-refractivity contribution in [2.45, 2.75) is 18.6 Å². The van der Waals surface area contributed by atoms with Crippen LogP contribution in [-0.2, 0) is 16.6 Å². The number of anilines is 1. The van der Waals surface area contributed by atoms with Crippen LogP contribution in [-0.4, -0.2) is 15.5 Å². The zero-order valence-electron chi connectivity index (χ0n) is 11.1. The summed E-state index contributed by atoms with van der Waals surface area (Å²) in [5, 5.41) is 2.83. The molecule has 0 unspecified atom stereocenters. The minimum atomic E-state index is -3.58. The summed E-state index contributed by atoms with van der Waals surface area (Å²) in [6, 6.07) is 7.51. The van der Waals surface area contributed by atoms with Crippen molar-refractivity contribution in [1.82, 2.24) is 4.72 Å². The van der Waals surface area contributed by atoms with Gasteiger partial charge in [-0.05, 0) is 49.9 Å². The summed E-state index contributed by atoms with van der Waals surface area (Å²) in [7, 11) is -2.27. The van der Waals surface area contributed by atoms with E-state index in [1.165, 1.54) is 25.2 Å². The van der Waals surface area contributed by atoms with Gasteiger partial charge < -0.3 is 9.73 Å². The van der Waals surface area contributed by atoms with Crippen LogP contribution in [0.25, 0.3) is 0 Å². The molecule has 7 heteroatoms. The summed E-state index contributed by atoms with van der Waals surface area (Å²) in [6.45, 7) is 2.06. The highest BCUT2D eigenvalue weighted by atomic mass is 32.2. The highest BCUT2D eigenvalue weighted by molar-refractivity contribution is 7.89. The molecule has 1 heterocycles. The van der Waals surface area contributed by atoms with E-state index in [0.29, 0.717) is 11.4 Å². The molecule has 0 spiro atoms. The highest BCUT2D eigenvalue weighted by Gasteiger charge is 2.16. The van der Waals surface area contributed by atoms with Crippen molar-refractivity contribution in [3.05, 3.63) is 47.5 Å². The lowest BCUT2D eigenvalue weighted by Crippen LogP contribution is -2.17. The molecular formula is C13H15FN2O3S. The average molecular weight is 298 g/mol. The number of sulfonamides is 1. The molecule has 2 N–H and O–H groups in total. The van der Waals surface area contributed by atoms with Gasteiger partial charge in [-0.15, -0.1) is 0 Å². The Kier molecular flexibility index (Phi) is 4.10. The number of furan rings is 1. The molecule has 1 aromatic heterocycles. The van der Waals surface area contributed by atoms with Crippen molar-refractivity contribution in [3.8, 4) is 0 Å². The van der Waals surface area contributed by atoms with Crippen LogP contribution in [0.2, 0.25) is 0 Å². The van der Waals surface area contributed by atoms with Gasteiger partial charge in [-0.1, -0.05) is 0 Å². The predicted octanol–water partition coefficient (Wildman–Crippen LogP) is 2.25. The van der Waals surface area contributed by atoms with E-state index >= 15 is 0 Å². The molecule has 1 aromatic carbocycles. The zero-order valence-corrected chi connectivity index (χ0v) is 11.9. The second-order valence-electron chi connectivity index (χ2n) is 4.30. The van der Waals surface area contributed by atoms with E-state index in [4.69, 9.17) is 4.42 Å². The van der Waals surface area contributed by atoms with Crippen molar-refractivity contribution in [3.63, 3.8) is 0 Å². The smallest absolute Gasteiger partial charge is 0.273 e. The molecule has 108 valence electrons. The normalized spacial score (nSPS) is 11.6. The van der Waals surface area contributed by atoms with Gasteiger partial charge in [0, 0.05) is 5.69 Å². The van der Waals surface area contributed by atoms with Crippen LogP contribution in [0.3, 0.4) is 0 Å². The maximum absolute atomic E-state index is 13.2. The Bertz CT molecular complexity index is 690. The number of aryl methyl sites for hydroxylation is 1. The minimum absolute atomic E-state index is 0.146. The van der Waals surface area contributed by atoms with E-state index in [9.17, 15) is 12.8 Å². The lowest BCUT2D eigenvalue weighted by Gasteiger charge is -2.06. The lowest BCUT2D eigenvalue weighted by molar-refractivity contribution is 0.417. The van der Waals surface area contributed by atoms with Crippen LogP contribution in [0.15, 0.2) is 39.8 Å². The Balaban J connectivity index is 2.08. The Morgan fingerprint density at radius 1 is 1.25 bits per heavy atom. The van der Waals surface area contributed by atoms with Crippen LogP contribution >= 0.6 is 0 Å². The third-order valence-corrected chi connectivity index (χ3v) is 3.97. The molecule has 0 fully saturated rings. The van der Waals surface area contributed by atoms with E-state index < -0.39 is 10.0 Å². The fraction of sp³-hybridized carbons (Fsp3) is 0.231. The fourth-order valence-electron chi connectivity index (χ4n) is 1.73. The van der Waals surface area contributed by atoms with E-state index in [1.807, 2.05) is 0 Å². The third-order valence-electron chi connectivity index (χ3n) is 2.68. The number of benzene rings is 1. The molecule has 5 nitrogen and oxygen atoms in total. The van der Waals surface area contributed by atoms with Crippen molar-refractivity contribution >= 4 is 15.7 Å². The van der Waals surface area contributed by atoms with Crippen molar-refractivity contribution in [2.75, 3.05) is 12.4 Å². The Hall–Kier alpha value is -1.86. The van der Waals surface area contributed by atoms with Crippen LogP contribution in [0.1, 0.15) is 11.3 Å². The number of halogens is 1. The molecule has 0 saturated carbocycles. The Morgan fingerprint density at radius 2 is 2.00 bits per heavy atom. The molecule has 20 heavy (non-hydrogen) atoms. The molecule has 2 rings (SSSR count). The number of rotatable bonds is 5. The van der Waals surface area contributed by atoms with Gasteiger partial charge >= 0.3 is 0 Å². The van der Waals surface area contributed by atoms with Gasteiger partial charge in [-0.3, -0.25) is 0 Å². The van der Waals surface area contributed by atoms with Gasteiger partial charge in [0.1, 0.15) is 11.6 Å². The summed E-state index contributed by atoms with van der Waals surface area (Å²) in [4.78, 5) is 0. The Labute approximate surface area is 116 Å². The topological polar surface area (TPSA) is 71.3 Å². The summed E-state index contributed by atoms with van der Waals surface area (Å²) in [5.74, 6) is 0.117. The first-order valence-corrected chi connectivity index (χ1v) is 7.42. The first-order valence-electron chi connectivity index (χ1n) is 5.94. The number of nitrogens with one attached hydrogen (secondary N) is 2. The van der Waals surface area contributed by atoms with Gasteiger partial charge in [0.05, 0.1) is 6.54 Å². The van der Waals surface area contributed by atoms with E-state index in [0.717, 1.165) is 5.56 Å². The second-order valence-corrected chi connectivity index (χ2v) is 6.12. The van der Waals surface area contributed by atoms with Crippen LogP contribution in [0.4, 0.5) is 10.1 Å². The quantitative estimate of drug-likeness (QED) is 0.888. The van der Waals surface area contributed by atoms with E-state index in [1.54, 1.807) is 19.1 Å². The van der Waals surface area contributed by atoms with Crippen molar-refractivity contribution < 1.29 is 17.2 Å². The SMILES string of the molecule is CNS(=O)(=O)c1ccc(CNc2cc(C)cc(F)c2)o1. The minimum Gasteiger partial charge on any atom is -0.446 e. The second kappa shape index (κ2) is 5.64. The van der Waals surface area contributed by atoms with Crippen LogP contribution < -0.4 is 10.0 Å². The molecule has 0 amide bonds. The molecule has 0 saturated heterocycles. The largest absolute Gasteiger partial charge is 0.446 e. The maximum atomic E-state index is 13.2. The lowest BCUT2D eigenvalue weighted by atomic mass is 10.2. The van der Waals surface area contributed by atoms with Gasteiger partial charge in [0.25, 0.3) is 10.0 Å². The first-order chi connectivity index (χ1) is 9.40. The predicted molar refractivity (Wildman–Crippen MR) is 73.4 cm³/mol. The zero-order chi connectivity index (χ0) is 14.8. The molecule has 0 aliphatic rings. The first kappa shape index (κ1) is 14.5. The fourth-order valence-corrected chi connectivity index (χ4v) is 2.39. The molecule has 2 aromatic rings. The molecular weight excluding hydrogens is 283 g/mol. The molecule has 0 bridgehead atoms. The van der Waals surface area contributed by atoms with Gasteiger partial charge in [0.2, 0.25) is 5.09 Å². The van der Waals surface area contributed by atoms with Gasteiger partial charge in [-0.25, -0.2) is 17.5 Å². The maximum Gasteiger partial charge on any atom is 0.273 e. The number of hydrogen-bond acceptors (Lipinski definition) is 4. The van der Waals surface area contributed by atoms with Gasteiger partial charge in [-0.2, -0.15) is 0 Å². The van der Waals surface area contributed by atoms with Crippen LogP contribution in [0.5, 0.6) is 0 Å². The molecule has 0 atom stereocenters. The van der Waals surface area contributed by atoms with Crippen LogP contribution in [0, 0.1) is 12.7 Å². The molecule has 0 radical (unpaired) electrons. The van der Waals surface area contributed by atoms with E-state index in [2.05, 4.69) is 10.0 Å². The molecule has 0 aliphatic heterocycles. The highest BCUT2D eigenvalue weighted by Crippen LogP contribution is 2.17.